The Labute approximate surface area is 76.3 Å². The van der Waals surface area contributed by atoms with Crippen molar-refractivity contribution in [1.82, 2.24) is 0 Å². The lowest BCUT2D eigenvalue weighted by atomic mass is 9.97. The Morgan fingerprint density at radius 3 is 2.38 bits per heavy atom. The Bertz CT molecular complexity index is 305. The van der Waals surface area contributed by atoms with Crippen molar-refractivity contribution in [3.05, 3.63) is 23.3 Å². The molecule has 0 bridgehead atoms. The van der Waals surface area contributed by atoms with Gasteiger partial charge in [0.2, 0.25) is 0 Å². The molecule has 1 rings (SSSR count). The number of alkyl halides is 3. The van der Waals surface area contributed by atoms with Crippen LogP contribution in [-0.4, -0.2) is 22.7 Å². The molecule has 1 unspecified atom stereocenters. The first-order chi connectivity index (χ1) is 5.76. The fourth-order valence-corrected chi connectivity index (χ4v) is 1.00. The molecule has 0 aromatic heterocycles. The number of halogens is 4. The van der Waals surface area contributed by atoms with Crippen LogP contribution in [0.4, 0.5) is 13.2 Å². The molecule has 0 heterocycles. The first-order valence-corrected chi connectivity index (χ1v) is 3.55. The Morgan fingerprint density at radius 2 is 2.00 bits per heavy atom. The Morgan fingerprint density at radius 1 is 1.46 bits per heavy atom. The summed E-state index contributed by atoms with van der Waals surface area (Å²) in [5.74, 6) is -0.754. The van der Waals surface area contributed by atoms with Crippen LogP contribution in [0.5, 0.6) is 0 Å². The van der Waals surface area contributed by atoms with E-state index in [-0.39, 0.29) is 6.08 Å². The minimum atomic E-state index is -4.87. The van der Waals surface area contributed by atoms with Crippen LogP contribution >= 0.6 is 11.6 Å². The maximum atomic E-state index is 12.1. The number of hydrogen-bond donors (Lipinski definition) is 1. The van der Waals surface area contributed by atoms with Crippen LogP contribution in [0.25, 0.3) is 0 Å². The van der Waals surface area contributed by atoms with Gasteiger partial charge in [0.25, 0.3) is 0 Å². The zero-order valence-electron chi connectivity index (χ0n) is 6.10. The quantitative estimate of drug-likeness (QED) is 0.661. The Hall–Kier alpha value is -0.810. The van der Waals surface area contributed by atoms with E-state index in [1.165, 1.54) is 0 Å². The van der Waals surface area contributed by atoms with Crippen molar-refractivity contribution in [2.24, 2.45) is 0 Å². The zero-order chi connectivity index (χ0) is 10.3. The minimum Gasteiger partial charge on any atom is -0.373 e. The van der Waals surface area contributed by atoms with Crippen LogP contribution in [0, 0.1) is 0 Å². The molecule has 0 saturated heterocycles. The molecule has 0 saturated carbocycles. The van der Waals surface area contributed by atoms with E-state index in [1.54, 1.807) is 0 Å². The van der Waals surface area contributed by atoms with Crippen LogP contribution in [0.1, 0.15) is 0 Å². The standard InChI is InChI=1S/C7H4ClF3O2/c8-4-3-6(13,7(9,10)11)2-1-5(4)12/h1-3,13H. The van der Waals surface area contributed by atoms with E-state index in [1.807, 2.05) is 0 Å². The second-order valence-electron chi connectivity index (χ2n) is 2.51. The fraction of sp³-hybridized carbons (Fsp3) is 0.286. The van der Waals surface area contributed by atoms with E-state index in [0.717, 1.165) is 0 Å². The van der Waals surface area contributed by atoms with Gasteiger partial charge in [-0.1, -0.05) is 11.6 Å². The molecule has 0 spiro atoms. The van der Waals surface area contributed by atoms with E-state index >= 15 is 0 Å². The minimum absolute atomic E-state index is 0.275. The SMILES string of the molecule is O=C1C=CC(O)(C(F)(F)F)C=C1Cl. The predicted molar refractivity (Wildman–Crippen MR) is 39.1 cm³/mol. The smallest absolute Gasteiger partial charge is 0.373 e. The lowest BCUT2D eigenvalue weighted by Gasteiger charge is -2.25. The summed E-state index contributed by atoms with van der Waals surface area (Å²) >= 11 is 5.16. The van der Waals surface area contributed by atoms with Crippen molar-refractivity contribution in [3.8, 4) is 0 Å². The highest BCUT2D eigenvalue weighted by atomic mass is 35.5. The molecule has 0 aromatic carbocycles. The van der Waals surface area contributed by atoms with Gasteiger partial charge in [0, 0.05) is 0 Å². The molecule has 72 valence electrons. The van der Waals surface area contributed by atoms with Crippen molar-refractivity contribution in [1.29, 1.82) is 0 Å². The molecule has 0 amide bonds. The summed E-state index contributed by atoms with van der Waals surface area (Å²) in [5, 5.41) is 8.33. The normalized spacial score (nSPS) is 29.0. The average molecular weight is 213 g/mol. The molecule has 2 nitrogen and oxygen atoms in total. The van der Waals surface area contributed by atoms with E-state index in [0.29, 0.717) is 12.2 Å². The van der Waals surface area contributed by atoms with Crippen molar-refractivity contribution < 1.29 is 23.1 Å². The maximum Gasteiger partial charge on any atom is 0.424 e. The molecule has 1 N–H and O–H groups in total. The van der Waals surface area contributed by atoms with Gasteiger partial charge in [-0.05, 0) is 18.2 Å². The maximum absolute atomic E-state index is 12.1. The highest BCUT2D eigenvalue weighted by molar-refractivity contribution is 6.44. The Balaban J connectivity index is 3.10. The van der Waals surface area contributed by atoms with Crippen molar-refractivity contribution in [3.63, 3.8) is 0 Å². The van der Waals surface area contributed by atoms with Gasteiger partial charge in [-0.25, -0.2) is 0 Å². The lowest BCUT2D eigenvalue weighted by molar-refractivity contribution is -0.220. The molecule has 1 atom stereocenters. The van der Waals surface area contributed by atoms with Gasteiger partial charge in [-0.3, -0.25) is 4.79 Å². The largest absolute Gasteiger partial charge is 0.424 e. The van der Waals surface area contributed by atoms with Gasteiger partial charge in [0.15, 0.2) is 11.4 Å². The van der Waals surface area contributed by atoms with Crippen LogP contribution in [0.2, 0.25) is 0 Å². The highest BCUT2D eigenvalue weighted by Gasteiger charge is 2.52. The van der Waals surface area contributed by atoms with E-state index in [4.69, 9.17) is 16.7 Å². The number of carbonyl (C=O) groups is 1. The summed E-state index contributed by atoms with van der Waals surface area (Å²) in [6, 6.07) is 0. The van der Waals surface area contributed by atoms with E-state index in [9.17, 15) is 18.0 Å². The molecule has 0 aromatic rings. The lowest BCUT2D eigenvalue weighted by Crippen LogP contribution is -2.43. The monoisotopic (exact) mass is 212 g/mol. The van der Waals surface area contributed by atoms with Crippen LogP contribution in [0.3, 0.4) is 0 Å². The second kappa shape index (κ2) is 2.85. The topological polar surface area (TPSA) is 37.3 Å². The van der Waals surface area contributed by atoms with Gasteiger partial charge in [0.05, 0.1) is 5.03 Å². The summed E-state index contributed by atoms with van der Waals surface area (Å²) < 4.78 is 36.3. The first kappa shape index (κ1) is 10.3. The molecule has 0 aliphatic heterocycles. The number of allylic oxidation sites excluding steroid dienone is 2. The third-order valence-corrected chi connectivity index (χ3v) is 1.82. The fourth-order valence-electron chi connectivity index (χ4n) is 0.771. The number of carbonyl (C=O) groups excluding carboxylic acids is 1. The summed E-state index contributed by atoms with van der Waals surface area (Å²) in [7, 11) is 0. The van der Waals surface area contributed by atoms with Crippen LogP contribution in [0.15, 0.2) is 23.3 Å². The van der Waals surface area contributed by atoms with Gasteiger partial charge in [-0.15, -0.1) is 0 Å². The summed E-state index contributed by atoms with van der Waals surface area (Å²) in [6.45, 7) is 0. The van der Waals surface area contributed by atoms with Crippen LogP contribution < -0.4 is 0 Å². The molecule has 13 heavy (non-hydrogen) atoms. The van der Waals surface area contributed by atoms with Gasteiger partial charge in [-0.2, -0.15) is 13.2 Å². The third-order valence-electron chi connectivity index (χ3n) is 1.53. The predicted octanol–water partition coefficient (Wildman–Crippen LogP) is 1.54. The molecule has 1 aliphatic carbocycles. The molecule has 0 fully saturated rings. The second-order valence-corrected chi connectivity index (χ2v) is 2.92. The molecule has 1 aliphatic rings. The summed E-state index contributed by atoms with van der Waals surface area (Å²) in [5.41, 5.74) is -3.13. The molecular formula is C7H4ClF3O2. The Kier molecular flexibility index (Phi) is 2.25. The average Bonchev–Trinajstić information content (AvgIpc) is 1.95. The molecule has 0 radical (unpaired) electrons. The number of aliphatic hydroxyl groups is 1. The first-order valence-electron chi connectivity index (χ1n) is 3.17. The van der Waals surface area contributed by atoms with Gasteiger partial charge >= 0.3 is 6.18 Å². The van der Waals surface area contributed by atoms with Crippen molar-refractivity contribution in [2.45, 2.75) is 11.8 Å². The van der Waals surface area contributed by atoms with Crippen molar-refractivity contribution in [2.75, 3.05) is 0 Å². The van der Waals surface area contributed by atoms with Crippen molar-refractivity contribution >= 4 is 17.4 Å². The van der Waals surface area contributed by atoms with E-state index in [2.05, 4.69) is 0 Å². The molecular weight excluding hydrogens is 209 g/mol. The number of ketones is 1. The zero-order valence-corrected chi connectivity index (χ0v) is 6.86. The van der Waals surface area contributed by atoms with Gasteiger partial charge < -0.3 is 5.11 Å². The van der Waals surface area contributed by atoms with E-state index < -0.39 is 22.6 Å². The summed E-state index contributed by atoms with van der Waals surface area (Å²) in [4.78, 5) is 10.6. The molecule has 6 heteroatoms. The van der Waals surface area contributed by atoms with Crippen LogP contribution in [-0.2, 0) is 4.79 Å². The third kappa shape index (κ3) is 1.76. The number of rotatable bonds is 0. The van der Waals surface area contributed by atoms with Gasteiger partial charge in [0.1, 0.15) is 0 Å². The summed E-state index contributed by atoms with van der Waals surface area (Å²) in [6.07, 6.45) is -3.64. The highest BCUT2D eigenvalue weighted by Crippen LogP contribution is 2.36. The number of hydrogen-bond acceptors (Lipinski definition) is 2.